The second kappa shape index (κ2) is 6.16. The third-order valence-corrected chi connectivity index (χ3v) is 4.27. The topological polar surface area (TPSA) is 21.3 Å². The zero-order valence-corrected chi connectivity index (χ0v) is 13.4. The average Bonchev–Trinajstić information content (AvgIpc) is 2.47. The van der Waals surface area contributed by atoms with Crippen LogP contribution in [0.2, 0.25) is 0 Å². The smallest absolute Gasteiger partial charge is 0.131 e. The number of ether oxygens (including phenoxy) is 1. The number of rotatable bonds is 3. The van der Waals surface area contributed by atoms with Crippen LogP contribution in [-0.2, 0) is 0 Å². The molecule has 2 unspecified atom stereocenters. The monoisotopic (exact) mass is 349 g/mol. The van der Waals surface area contributed by atoms with E-state index >= 15 is 0 Å². The van der Waals surface area contributed by atoms with E-state index in [2.05, 4.69) is 34.2 Å². The van der Waals surface area contributed by atoms with Gasteiger partial charge in [-0.05, 0) is 24.7 Å². The molecule has 1 aliphatic heterocycles. The fraction of sp³-hybridized carbons (Fsp3) is 0.294. The van der Waals surface area contributed by atoms with Gasteiger partial charge in [0.15, 0.2) is 0 Å². The summed E-state index contributed by atoms with van der Waals surface area (Å²) in [6.45, 7) is 2.95. The van der Waals surface area contributed by atoms with Crippen LogP contribution in [0.5, 0.6) is 5.75 Å². The number of para-hydroxylation sites is 1. The zero-order valence-electron chi connectivity index (χ0n) is 11.8. The highest BCUT2D eigenvalue weighted by molar-refractivity contribution is 9.10. The van der Waals surface area contributed by atoms with Crippen molar-refractivity contribution in [2.45, 2.75) is 25.5 Å². The number of fused-ring (bicyclic) bond motifs is 1. The van der Waals surface area contributed by atoms with E-state index in [9.17, 15) is 4.39 Å². The molecule has 0 aromatic heterocycles. The Hall–Kier alpha value is -1.39. The van der Waals surface area contributed by atoms with Crippen molar-refractivity contribution in [2.75, 3.05) is 6.54 Å². The van der Waals surface area contributed by atoms with E-state index in [1.54, 1.807) is 6.07 Å². The van der Waals surface area contributed by atoms with E-state index in [0.717, 1.165) is 28.8 Å². The van der Waals surface area contributed by atoms with Crippen LogP contribution in [0.3, 0.4) is 0 Å². The molecule has 1 aliphatic rings. The first-order valence-electron chi connectivity index (χ1n) is 7.13. The zero-order chi connectivity index (χ0) is 14.8. The van der Waals surface area contributed by atoms with Crippen LogP contribution >= 0.6 is 15.9 Å². The van der Waals surface area contributed by atoms with Gasteiger partial charge in [0.2, 0.25) is 0 Å². The van der Waals surface area contributed by atoms with E-state index < -0.39 is 0 Å². The van der Waals surface area contributed by atoms with Crippen LogP contribution in [0.25, 0.3) is 0 Å². The van der Waals surface area contributed by atoms with E-state index in [1.807, 2.05) is 24.3 Å². The van der Waals surface area contributed by atoms with E-state index in [-0.39, 0.29) is 18.0 Å². The summed E-state index contributed by atoms with van der Waals surface area (Å²) < 4.78 is 21.0. The highest BCUT2D eigenvalue weighted by Crippen LogP contribution is 2.41. The quantitative estimate of drug-likeness (QED) is 0.862. The summed E-state index contributed by atoms with van der Waals surface area (Å²) in [7, 11) is 0. The van der Waals surface area contributed by atoms with Crippen molar-refractivity contribution >= 4 is 15.9 Å². The fourth-order valence-corrected chi connectivity index (χ4v) is 3.14. The molecule has 4 heteroatoms. The largest absolute Gasteiger partial charge is 0.485 e. The predicted molar refractivity (Wildman–Crippen MR) is 84.9 cm³/mol. The first-order chi connectivity index (χ1) is 10.2. The molecule has 1 N–H and O–H groups in total. The lowest BCUT2D eigenvalue weighted by Gasteiger charge is -2.33. The van der Waals surface area contributed by atoms with Gasteiger partial charge in [0.05, 0.1) is 0 Å². The SMILES string of the molecule is CCNC1CC(c2ccc(Br)cc2F)Oc2ccccc21. The minimum atomic E-state index is -0.267. The molecular formula is C17H17BrFNO. The van der Waals surface area contributed by atoms with Gasteiger partial charge in [0.25, 0.3) is 0 Å². The maximum absolute atomic E-state index is 14.2. The molecule has 0 amide bonds. The highest BCUT2D eigenvalue weighted by atomic mass is 79.9. The Balaban J connectivity index is 1.95. The first kappa shape index (κ1) is 14.5. The molecule has 0 aliphatic carbocycles. The van der Waals surface area contributed by atoms with E-state index in [0.29, 0.717) is 5.56 Å². The average molecular weight is 350 g/mol. The molecule has 0 saturated heterocycles. The van der Waals surface area contributed by atoms with Gasteiger partial charge in [-0.2, -0.15) is 0 Å². The van der Waals surface area contributed by atoms with Gasteiger partial charge in [-0.25, -0.2) is 4.39 Å². The lowest BCUT2D eigenvalue weighted by atomic mass is 9.92. The summed E-state index contributed by atoms with van der Waals surface area (Å²) in [5.41, 5.74) is 1.75. The van der Waals surface area contributed by atoms with Crippen molar-refractivity contribution in [1.82, 2.24) is 5.32 Å². The highest BCUT2D eigenvalue weighted by Gasteiger charge is 2.30. The normalized spacial score (nSPS) is 20.7. The summed E-state index contributed by atoms with van der Waals surface area (Å²) in [4.78, 5) is 0. The van der Waals surface area contributed by atoms with Crippen molar-refractivity contribution in [3.05, 3.63) is 63.9 Å². The third-order valence-electron chi connectivity index (χ3n) is 3.77. The fourth-order valence-electron chi connectivity index (χ4n) is 2.81. The Bertz CT molecular complexity index is 646. The Kier molecular flexibility index (Phi) is 4.27. The Labute approximate surface area is 132 Å². The van der Waals surface area contributed by atoms with Gasteiger partial charge in [-0.3, -0.25) is 0 Å². The number of halogens is 2. The summed E-state index contributed by atoms with van der Waals surface area (Å²) in [6.07, 6.45) is 0.459. The molecule has 3 rings (SSSR count). The van der Waals surface area contributed by atoms with Crippen molar-refractivity contribution in [3.63, 3.8) is 0 Å². The molecule has 2 aromatic carbocycles. The maximum atomic E-state index is 14.2. The minimum Gasteiger partial charge on any atom is -0.485 e. The maximum Gasteiger partial charge on any atom is 0.131 e. The van der Waals surface area contributed by atoms with E-state index in [1.165, 1.54) is 6.07 Å². The predicted octanol–water partition coefficient (Wildman–Crippen LogP) is 4.76. The van der Waals surface area contributed by atoms with Crippen LogP contribution < -0.4 is 10.1 Å². The van der Waals surface area contributed by atoms with E-state index in [4.69, 9.17) is 4.74 Å². The molecule has 110 valence electrons. The van der Waals surface area contributed by atoms with Gasteiger partial charge in [0.1, 0.15) is 17.7 Å². The molecule has 0 spiro atoms. The van der Waals surface area contributed by atoms with Crippen LogP contribution in [0.15, 0.2) is 46.9 Å². The van der Waals surface area contributed by atoms with Crippen molar-refractivity contribution in [3.8, 4) is 5.75 Å². The Morgan fingerprint density at radius 1 is 1.24 bits per heavy atom. The lowest BCUT2D eigenvalue weighted by Crippen LogP contribution is -2.29. The Morgan fingerprint density at radius 2 is 2.05 bits per heavy atom. The van der Waals surface area contributed by atoms with Gasteiger partial charge in [-0.1, -0.05) is 47.1 Å². The second-order valence-corrected chi connectivity index (χ2v) is 6.07. The minimum absolute atomic E-state index is 0.188. The third kappa shape index (κ3) is 2.97. The Morgan fingerprint density at radius 3 is 2.81 bits per heavy atom. The number of hydrogen-bond donors (Lipinski definition) is 1. The molecule has 21 heavy (non-hydrogen) atoms. The van der Waals surface area contributed by atoms with Crippen LogP contribution in [0.1, 0.15) is 36.6 Å². The molecule has 0 saturated carbocycles. The lowest BCUT2D eigenvalue weighted by molar-refractivity contribution is 0.148. The molecule has 0 radical (unpaired) electrons. The van der Waals surface area contributed by atoms with Crippen LogP contribution in [0.4, 0.5) is 4.39 Å². The van der Waals surface area contributed by atoms with Crippen molar-refractivity contribution in [1.29, 1.82) is 0 Å². The summed E-state index contributed by atoms with van der Waals surface area (Å²) in [5, 5.41) is 3.46. The van der Waals surface area contributed by atoms with Gasteiger partial charge in [-0.15, -0.1) is 0 Å². The number of hydrogen-bond acceptors (Lipinski definition) is 2. The van der Waals surface area contributed by atoms with Crippen LogP contribution in [-0.4, -0.2) is 6.54 Å². The summed E-state index contributed by atoms with van der Waals surface area (Å²) in [6, 6.07) is 13.3. The molecule has 2 atom stereocenters. The van der Waals surface area contributed by atoms with Gasteiger partial charge >= 0.3 is 0 Å². The summed E-state index contributed by atoms with van der Waals surface area (Å²) in [5.74, 6) is 0.603. The number of benzene rings is 2. The molecule has 0 fully saturated rings. The molecular weight excluding hydrogens is 333 g/mol. The van der Waals surface area contributed by atoms with Crippen LogP contribution in [0, 0.1) is 5.82 Å². The molecule has 2 nitrogen and oxygen atoms in total. The number of nitrogens with one attached hydrogen (secondary N) is 1. The van der Waals surface area contributed by atoms with Crippen molar-refractivity contribution < 1.29 is 9.13 Å². The molecule has 2 aromatic rings. The van der Waals surface area contributed by atoms with Gasteiger partial charge < -0.3 is 10.1 Å². The molecule has 1 heterocycles. The van der Waals surface area contributed by atoms with Gasteiger partial charge in [0, 0.05) is 28.1 Å². The standard InChI is InChI=1S/C17H17BrFNO/c1-2-20-15-10-17(12-8-7-11(18)9-14(12)19)21-16-6-4-3-5-13(15)16/h3-9,15,17,20H,2,10H2,1H3. The summed E-state index contributed by atoms with van der Waals surface area (Å²) >= 11 is 3.29. The van der Waals surface area contributed by atoms with Crippen molar-refractivity contribution in [2.24, 2.45) is 0 Å². The first-order valence-corrected chi connectivity index (χ1v) is 7.92. The molecule has 0 bridgehead atoms. The second-order valence-electron chi connectivity index (χ2n) is 5.16.